The summed E-state index contributed by atoms with van der Waals surface area (Å²) in [5.41, 5.74) is 0. The van der Waals surface area contributed by atoms with Crippen LogP contribution in [0, 0.1) is 7.43 Å². The quantitative estimate of drug-likeness (QED) is 0.441. The van der Waals surface area contributed by atoms with Crippen molar-refractivity contribution in [1.82, 2.24) is 0 Å². The van der Waals surface area contributed by atoms with E-state index >= 15 is 0 Å². The van der Waals surface area contributed by atoms with E-state index in [4.69, 9.17) is 0 Å². The molecule has 0 heterocycles. The van der Waals surface area contributed by atoms with Gasteiger partial charge in [0.25, 0.3) is 0 Å². The van der Waals surface area contributed by atoms with Gasteiger partial charge in [0.15, 0.2) is 0 Å². The van der Waals surface area contributed by atoms with Gasteiger partial charge in [-0.3, -0.25) is 0 Å². The van der Waals surface area contributed by atoms with Crippen LogP contribution in [0.2, 0.25) is 0 Å². The van der Waals surface area contributed by atoms with Crippen molar-refractivity contribution in [1.29, 1.82) is 0 Å². The first-order valence-electron chi connectivity index (χ1n) is 0. The standard InChI is InChI=1S/C.2O.Pd/q;2*-2;+2/p+2. The first kappa shape index (κ1) is 173. The fourth-order valence-corrected chi connectivity index (χ4v) is 0. The molecule has 0 spiro atoms. The van der Waals surface area contributed by atoms with E-state index < -0.39 is 0 Å². The molecular formula is CH2O2Pd. The number of rotatable bonds is 0. The maximum Gasteiger partial charge on any atom is 2.00 e. The molecule has 0 N–H and O–H groups in total. The summed E-state index contributed by atoms with van der Waals surface area (Å²) in [6.45, 7) is 0. The Labute approximate surface area is 42.4 Å². The second-order valence-corrected chi connectivity index (χ2v) is 0. The van der Waals surface area contributed by atoms with Crippen molar-refractivity contribution in [3.8, 4) is 0 Å². The van der Waals surface area contributed by atoms with Gasteiger partial charge in [-0.25, -0.2) is 0 Å². The van der Waals surface area contributed by atoms with Crippen LogP contribution in [0.3, 0.4) is 0 Å². The molecule has 0 rings (SSSR count). The second kappa shape index (κ2) is 70.4. The van der Waals surface area contributed by atoms with Crippen LogP contribution in [0.25, 0.3) is 0 Å². The summed E-state index contributed by atoms with van der Waals surface area (Å²) in [5, 5.41) is 0. The van der Waals surface area contributed by atoms with Crippen molar-refractivity contribution in [3.63, 3.8) is 0 Å². The Hall–Kier alpha value is 0.582. The minimum Gasteiger partial charge on any atom is -2.00 e. The van der Waals surface area contributed by atoms with E-state index in [0.717, 1.165) is 0 Å². The van der Waals surface area contributed by atoms with Crippen LogP contribution < -0.4 is 0 Å². The normalized spacial score (nSPS) is 0. The Bertz CT molecular complexity index is 11.5. The Morgan fingerprint density at radius 1 is 1.00 bits per heavy atom. The van der Waals surface area contributed by atoms with Crippen LogP contribution >= 0.6 is 0 Å². The third-order valence-electron chi connectivity index (χ3n) is 0. The fraction of sp³-hybridized carbons (Fsp3) is 0. The molecule has 0 amide bonds. The van der Waals surface area contributed by atoms with E-state index in [9.17, 15) is 0 Å². The predicted molar refractivity (Wildman–Crippen MR) is 6.84 cm³/mol. The Balaban J connectivity index is 0. The SMILES string of the molecule is [C].[H+].[H+].[O-2].[O-2].[Pd+2]. The summed E-state index contributed by atoms with van der Waals surface area (Å²) in [7, 11) is 0. The van der Waals surface area contributed by atoms with Gasteiger partial charge in [-0.05, 0) is 0 Å². The maximum absolute atomic E-state index is 0. The molecule has 0 aliphatic carbocycles. The maximum atomic E-state index is 0. The molecule has 0 unspecified atom stereocenters. The van der Waals surface area contributed by atoms with Crippen LogP contribution in [-0.4, -0.2) is 0 Å². The zero-order chi connectivity index (χ0) is 0. The molecule has 0 aliphatic rings. The molecule has 4 heavy (non-hydrogen) atoms. The van der Waals surface area contributed by atoms with E-state index in [-0.39, 0.29) is 41.7 Å². The molecule has 0 aromatic heterocycles. The van der Waals surface area contributed by atoms with E-state index in [2.05, 4.69) is 0 Å². The topological polar surface area (TPSA) is 57.0 Å². The zero-order valence-electron chi connectivity index (χ0n) is 3.63. The molecule has 0 atom stereocenters. The summed E-state index contributed by atoms with van der Waals surface area (Å²) >= 11 is 0. The average molecular weight is 152 g/mol. The van der Waals surface area contributed by atoms with Gasteiger partial charge < -0.3 is 11.0 Å². The van der Waals surface area contributed by atoms with Crippen LogP contribution in [0.5, 0.6) is 0 Å². The average Bonchev–Trinajstić information content (AvgIpc) is 0. The molecule has 0 saturated heterocycles. The fourth-order valence-electron chi connectivity index (χ4n) is 0. The number of hydrogen-bond donors (Lipinski definition) is 0. The monoisotopic (exact) mass is 152 g/mol. The zero-order valence-corrected chi connectivity index (χ0v) is 3.19. The molecule has 28 valence electrons. The Morgan fingerprint density at radius 3 is 1.00 bits per heavy atom. The minimum atomic E-state index is 0. The van der Waals surface area contributed by atoms with E-state index in [0.29, 0.717) is 0 Å². The van der Waals surface area contributed by atoms with Crippen molar-refractivity contribution in [2.24, 2.45) is 0 Å². The Kier molecular flexibility index (Phi) is 3050. The van der Waals surface area contributed by atoms with Gasteiger partial charge in [0.2, 0.25) is 0 Å². The molecule has 0 aliphatic heterocycles. The predicted octanol–water partition coefficient (Wildman–Crippen LogP) is 0.0662. The van der Waals surface area contributed by atoms with Crippen molar-refractivity contribution >= 4 is 0 Å². The molecule has 0 aromatic carbocycles. The second-order valence-electron chi connectivity index (χ2n) is 0. The molecule has 2 nitrogen and oxygen atoms in total. The smallest absolute Gasteiger partial charge is 2.00 e. The summed E-state index contributed by atoms with van der Waals surface area (Å²) in [5.74, 6) is 0. The van der Waals surface area contributed by atoms with Crippen LogP contribution in [0.4, 0.5) is 0 Å². The molecule has 0 fully saturated rings. The van der Waals surface area contributed by atoms with Gasteiger partial charge in [-0.1, -0.05) is 0 Å². The van der Waals surface area contributed by atoms with Gasteiger partial charge >= 0.3 is 23.3 Å². The first-order chi connectivity index (χ1) is 0. The van der Waals surface area contributed by atoms with Crippen LogP contribution in [0.15, 0.2) is 0 Å². The van der Waals surface area contributed by atoms with E-state index in [1.165, 1.54) is 0 Å². The van der Waals surface area contributed by atoms with E-state index in [1.54, 1.807) is 0 Å². The van der Waals surface area contributed by atoms with Crippen LogP contribution in [0.1, 0.15) is 2.85 Å². The first-order valence-corrected chi connectivity index (χ1v) is 0. The molecule has 0 bridgehead atoms. The van der Waals surface area contributed by atoms with Crippen molar-refractivity contribution in [2.45, 2.75) is 0 Å². The van der Waals surface area contributed by atoms with Gasteiger partial charge in [0.1, 0.15) is 0 Å². The minimum absolute atomic E-state index is 0. The molecule has 0 aromatic rings. The summed E-state index contributed by atoms with van der Waals surface area (Å²) in [4.78, 5) is 0. The van der Waals surface area contributed by atoms with Gasteiger partial charge in [-0.15, -0.1) is 0 Å². The number of hydrogen-bond acceptors (Lipinski definition) is 0. The van der Waals surface area contributed by atoms with Crippen molar-refractivity contribution in [3.05, 3.63) is 7.43 Å². The molecule has 0 saturated carbocycles. The van der Waals surface area contributed by atoms with Gasteiger partial charge in [0, 0.05) is 7.43 Å². The third kappa shape index (κ3) is 19.1. The Morgan fingerprint density at radius 2 is 1.00 bits per heavy atom. The van der Waals surface area contributed by atoms with Crippen LogP contribution in [-0.2, 0) is 31.4 Å². The molecular weight excluding hydrogens is 150 g/mol. The molecule has 4 radical (unpaired) electrons. The third-order valence-corrected chi connectivity index (χ3v) is 0. The molecule has 3 heteroatoms. The summed E-state index contributed by atoms with van der Waals surface area (Å²) in [6.07, 6.45) is 0. The van der Waals surface area contributed by atoms with Crippen molar-refractivity contribution < 1.29 is 34.2 Å². The van der Waals surface area contributed by atoms with Crippen molar-refractivity contribution in [2.75, 3.05) is 0 Å². The summed E-state index contributed by atoms with van der Waals surface area (Å²) in [6, 6.07) is 0. The van der Waals surface area contributed by atoms with E-state index in [1.807, 2.05) is 0 Å². The van der Waals surface area contributed by atoms with Gasteiger partial charge in [-0.2, -0.15) is 0 Å². The summed E-state index contributed by atoms with van der Waals surface area (Å²) < 4.78 is 0. The van der Waals surface area contributed by atoms with Gasteiger partial charge in [0.05, 0.1) is 0 Å². The largest absolute Gasteiger partial charge is 2.00 e.